The Morgan fingerprint density at radius 1 is 0.599 bits per heavy atom. The highest BCUT2D eigenvalue weighted by molar-refractivity contribution is 7.54. The summed E-state index contributed by atoms with van der Waals surface area (Å²) in [4.78, 5) is 110. The molecule has 2 spiro atoms. The van der Waals surface area contributed by atoms with Gasteiger partial charge in [-0.3, -0.25) is 57.5 Å². The summed E-state index contributed by atoms with van der Waals surface area (Å²) in [6.45, 7) is 23.2. The number of carbonyl (C=O) groups is 6. The van der Waals surface area contributed by atoms with Crippen LogP contribution in [0.1, 0.15) is 171 Å². The topological polar surface area (TPSA) is 459 Å². The molecule has 0 radical (unpaired) electrons. The first-order valence-corrected chi connectivity index (χ1v) is 52.2. The second-order valence-electron chi connectivity index (χ2n) is 39.6. The highest BCUT2D eigenvalue weighted by Crippen LogP contribution is 2.71. The van der Waals surface area contributed by atoms with Gasteiger partial charge in [-0.15, -0.1) is 0 Å². The fraction of sp³-hybridized carbons (Fsp3) is 0.620. The molecule has 10 N–H and O–H groups in total. The molecule has 4 bridgehead atoms. The zero-order chi connectivity index (χ0) is 98.3. The number of aromatic nitrogens is 2. The van der Waals surface area contributed by atoms with Gasteiger partial charge in [-0.05, 0) is 187 Å². The van der Waals surface area contributed by atoms with Crippen molar-refractivity contribution in [1.82, 2.24) is 34.9 Å². The van der Waals surface area contributed by atoms with Crippen molar-refractivity contribution < 1.29 is 105 Å². The number of benzene rings is 4. The quantitative estimate of drug-likeness (QED) is 0.00338. The van der Waals surface area contributed by atoms with Gasteiger partial charge in [0.2, 0.25) is 12.0 Å². The van der Waals surface area contributed by atoms with E-state index < -0.39 is 130 Å². The van der Waals surface area contributed by atoms with E-state index in [1.54, 1.807) is 47.9 Å². The van der Waals surface area contributed by atoms with Crippen LogP contribution in [0, 0.1) is 22.7 Å². The molecule has 6 aromatic rings. The molecule has 3 amide bonds. The van der Waals surface area contributed by atoms with Crippen LogP contribution in [-0.2, 0) is 105 Å². The predicted molar refractivity (Wildman–Crippen MR) is 515 cm³/mol. The van der Waals surface area contributed by atoms with Gasteiger partial charge in [-0.25, -0.2) is 0 Å². The molecule has 35 nitrogen and oxygen atoms in total. The lowest BCUT2D eigenvalue weighted by molar-refractivity contribution is -0.217. The molecule has 20 atom stereocenters. The molecule has 744 valence electrons. The SMILES string of the molecule is CCOP(=O)(CCN)OCC.CCOP(=O)(CCNC(=O)[C@@]1(O)[C@H](OC(C)=O)[C@]2(CC)C=CCN3CC[C@@]4(c5cc([C@@]6(C(=O)OC)C[C@H]7CN(CCc8c6[nH]c6ccccc86)C[C@](O)(CC)C7)c(OC)cc5N(C=O)[C@@H]14)[C@@H]32)OCC.CC[C@]1(O)C[C@@H]2CN(CCc3c([nH]c4ccccc34)[C@@](C(=O)OC)(c3cc4c(cc3OC)N(C)[C@H]3[C@@](O)(C(=O)N=[N+]=[N-])[C@H](O)[C@]5(CC)C=CCN6CC[C@]43[C@@H]65)C2)C1. The number of esters is 3. The molecular formula is C100H137N13O22P2. The number of methoxy groups -OCH3 is 4. The fourth-order valence-corrected chi connectivity index (χ4v) is 31.0. The molecule has 4 saturated heterocycles. The van der Waals surface area contributed by atoms with Gasteiger partial charge in [0.1, 0.15) is 28.4 Å². The van der Waals surface area contributed by atoms with E-state index in [1.807, 2.05) is 111 Å². The summed E-state index contributed by atoms with van der Waals surface area (Å²) in [6.07, 6.45) is 10.9. The number of azide groups is 1. The fourth-order valence-electron chi connectivity index (χ4n) is 28.1. The van der Waals surface area contributed by atoms with Gasteiger partial charge in [-0.1, -0.05) is 88.4 Å². The van der Waals surface area contributed by atoms with Gasteiger partial charge in [-0.2, -0.15) is 0 Å². The van der Waals surface area contributed by atoms with Gasteiger partial charge >= 0.3 is 33.1 Å². The van der Waals surface area contributed by atoms with Crippen LogP contribution in [0.15, 0.2) is 102 Å². The molecule has 12 heterocycles. The third-order valence-electron chi connectivity index (χ3n) is 33.0. The summed E-state index contributed by atoms with van der Waals surface area (Å²) in [5.41, 5.74) is 8.89. The number of nitrogens with zero attached hydrogens (tertiary/aromatic N) is 9. The maximum Gasteiger partial charge on any atom is 0.332 e. The summed E-state index contributed by atoms with van der Waals surface area (Å²) < 4.78 is 76.9. The maximum atomic E-state index is 15.5. The molecule has 2 aromatic heterocycles. The van der Waals surface area contributed by atoms with Gasteiger partial charge in [0.25, 0.3) is 11.8 Å². The number of likely N-dealkylation sites (N-methyl/N-ethyl adjacent to an activating group) is 1. The van der Waals surface area contributed by atoms with Crippen LogP contribution in [0.3, 0.4) is 0 Å². The summed E-state index contributed by atoms with van der Waals surface area (Å²) in [5.74, 6) is -3.38. The Morgan fingerprint density at radius 2 is 1.06 bits per heavy atom. The number of amides is 3. The Kier molecular flexibility index (Phi) is 28.4. The summed E-state index contributed by atoms with van der Waals surface area (Å²) in [5, 5.41) is 71.4. The number of H-pyrrole nitrogens is 2. The van der Waals surface area contributed by atoms with Crippen LogP contribution >= 0.6 is 15.2 Å². The van der Waals surface area contributed by atoms with Crippen molar-refractivity contribution in [3.8, 4) is 11.5 Å². The number of carbonyl (C=O) groups excluding carboxylic acids is 6. The number of anilines is 2. The minimum atomic E-state index is -3.66. The van der Waals surface area contributed by atoms with E-state index in [9.17, 15) is 54.6 Å². The number of aliphatic hydroxyl groups excluding tert-OH is 1. The first-order chi connectivity index (χ1) is 65.5. The molecule has 10 aliphatic heterocycles. The van der Waals surface area contributed by atoms with Crippen molar-refractivity contribution in [3.05, 3.63) is 152 Å². The van der Waals surface area contributed by atoms with E-state index in [0.717, 1.165) is 44.2 Å². The molecule has 37 heteroatoms. The lowest BCUT2D eigenvalue weighted by atomic mass is 9.47. The van der Waals surface area contributed by atoms with E-state index >= 15 is 14.4 Å². The second-order valence-corrected chi connectivity index (χ2v) is 44.0. The first kappa shape index (κ1) is 101. The van der Waals surface area contributed by atoms with Crippen molar-refractivity contribution in [1.29, 1.82) is 0 Å². The van der Waals surface area contributed by atoms with Crippen molar-refractivity contribution in [2.45, 2.75) is 220 Å². The number of aliphatic hydroxyl groups is 5. The third-order valence-corrected chi connectivity index (χ3v) is 37.2. The average molecular weight is 1940 g/mol. The summed E-state index contributed by atoms with van der Waals surface area (Å²) in [7, 11) is 1.18. The van der Waals surface area contributed by atoms with E-state index in [2.05, 4.69) is 57.0 Å². The van der Waals surface area contributed by atoms with Crippen molar-refractivity contribution in [3.63, 3.8) is 0 Å². The van der Waals surface area contributed by atoms with E-state index in [4.69, 9.17) is 47.5 Å². The number of aromatic amines is 2. The van der Waals surface area contributed by atoms with Crippen LogP contribution in [0.4, 0.5) is 11.4 Å². The first-order valence-electron chi connectivity index (χ1n) is 48.7. The van der Waals surface area contributed by atoms with Crippen LogP contribution in [0.2, 0.25) is 0 Å². The molecule has 6 fully saturated rings. The monoisotopic (exact) mass is 1930 g/mol. The minimum Gasteiger partial charge on any atom is -0.496 e. The third kappa shape index (κ3) is 15.8. The van der Waals surface area contributed by atoms with Gasteiger partial charge in [0.15, 0.2) is 11.7 Å². The number of hydrogen-bond acceptors (Lipinski definition) is 28. The molecule has 18 rings (SSSR count). The molecule has 12 aliphatic rings. The lowest BCUT2D eigenvalue weighted by Gasteiger charge is -2.63. The normalized spacial score (nSPS) is 33.6. The maximum absolute atomic E-state index is 15.5. The number of ether oxygens (including phenoxy) is 5. The Bertz CT molecular complexity index is 5820. The van der Waals surface area contributed by atoms with E-state index in [1.165, 1.54) is 33.2 Å². The van der Waals surface area contributed by atoms with E-state index in [0.29, 0.717) is 208 Å². The average Bonchev–Trinajstić information content (AvgIpc) is 1.46. The van der Waals surface area contributed by atoms with Gasteiger partial charge < -0.3 is 98.1 Å². The number of rotatable bonds is 27. The molecule has 4 aromatic carbocycles. The molecule has 2 saturated carbocycles. The second kappa shape index (κ2) is 38.5. The van der Waals surface area contributed by atoms with Crippen LogP contribution in [-0.4, -0.2) is 303 Å². The van der Waals surface area contributed by atoms with Gasteiger partial charge in [0, 0.05) is 180 Å². The highest BCUT2D eigenvalue weighted by atomic mass is 31.2. The minimum absolute atomic E-state index is 0.106. The number of fused-ring (bicyclic) bond motifs is 12. The van der Waals surface area contributed by atoms with Crippen molar-refractivity contribution in [2.24, 2.45) is 33.5 Å². The summed E-state index contributed by atoms with van der Waals surface area (Å²) >= 11 is 0. The Balaban J connectivity index is 0.000000181. The van der Waals surface area contributed by atoms with Crippen LogP contribution in [0.25, 0.3) is 32.2 Å². The molecular weight excluding hydrogens is 1800 g/mol. The smallest absolute Gasteiger partial charge is 0.332 e. The van der Waals surface area contributed by atoms with Crippen LogP contribution in [0.5, 0.6) is 11.5 Å². The Hall–Kier alpha value is -8.93. The number of nitrogens with two attached hydrogens (primary N) is 1. The Morgan fingerprint density at radius 3 is 1.50 bits per heavy atom. The predicted octanol–water partition coefficient (Wildman–Crippen LogP) is 10.0. The lowest BCUT2D eigenvalue weighted by Crippen LogP contribution is -2.82. The number of para-hydroxylation sites is 2. The standard InChI is InChI=1S/C51H68N5O12P.C43H53N7O7.C6H16NO3P/c1-8-47(61)27-33-28-50(46(60)65-7,41-35(17-22-54(29-33)30-47)34-15-12-13-16-38(34)53-41)37-25-36-39(26-40(37)64-6)56(31-57)43-49(36)19-23-55-21-14-18-48(9-2,42(49)55)44(68-32(5)58)51(43,62)45(59)52-20-24-69(63,66-10-3)67-11-4;1-6-39(54)21-25-22-42(38(53)57-5,33-27(13-17-49(23-25)24-39)26-11-8-9-12-30(26)45-33)29-19-28-31(20-32(29)56-4)48(3)35-41(28)15-18-50-16-10-14-40(7-2,34(41)50)36(51)43(35,55)37(52)46-47-44;1-3-9-11(8,6-5-7)10-4-2/h12-16,18,25-26,31,33,42-44,53,61-62H,8-11,17,19-24,27-30H2,1-7H3,(H,52,59);8-12,14,19-20,25,34-36,45,51,54-55H,6-7,13,15-18,21-24H2,1-5H3;3-7H2,1-2H3/t33-,42-,43+,44+,47-,48+,49+,50-,51-;25-,34-,35+,36+,39-,40+,41+,42-,43-;/m00./s1. The van der Waals surface area contributed by atoms with Gasteiger partial charge in [0.05, 0.1) is 96.2 Å². The highest BCUT2D eigenvalue weighted by Gasteiger charge is 2.82. The molecule has 2 aliphatic carbocycles. The van der Waals surface area contributed by atoms with E-state index in [-0.39, 0.29) is 56.0 Å². The number of nitrogens with one attached hydrogen (secondary N) is 3. The summed E-state index contributed by atoms with van der Waals surface area (Å²) in [6, 6.07) is 20.4. The zero-order valence-corrected chi connectivity index (χ0v) is 83.1. The molecule has 137 heavy (non-hydrogen) atoms. The van der Waals surface area contributed by atoms with Crippen molar-refractivity contribution >= 4 is 84.5 Å². The van der Waals surface area contributed by atoms with Crippen molar-refractivity contribution in [2.75, 3.05) is 163 Å². The number of hydrogen-bond donors (Lipinski definition) is 9. The molecule has 2 unspecified atom stereocenters. The number of piperidine rings is 2. The zero-order valence-electron chi connectivity index (χ0n) is 81.3. The van der Waals surface area contributed by atoms with Crippen LogP contribution < -0.4 is 30.3 Å². The largest absolute Gasteiger partial charge is 0.496 e. The Labute approximate surface area is 800 Å².